The van der Waals surface area contributed by atoms with Crippen LogP contribution in [0.15, 0.2) is 11.6 Å². The monoisotopic (exact) mass is 348 g/mol. The van der Waals surface area contributed by atoms with Crippen molar-refractivity contribution in [1.29, 1.82) is 0 Å². The first-order valence-electron chi connectivity index (χ1n) is 9.90. The Morgan fingerprint density at radius 1 is 1.32 bits per heavy atom. The molecule has 6 atom stereocenters. The Morgan fingerprint density at radius 2 is 2.04 bits per heavy atom. The van der Waals surface area contributed by atoms with Crippen molar-refractivity contribution in [3.63, 3.8) is 0 Å². The van der Waals surface area contributed by atoms with E-state index in [-0.39, 0.29) is 29.3 Å². The molecule has 2 heterocycles. The Morgan fingerprint density at radius 3 is 2.76 bits per heavy atom. The van der Waals surface area contributed by atoms with Crippen LogP contribution in [0.2, 0.25) is 0 Å². The molecule has 0 bridgehead atoms. The normalized spacial score (nSPS) is 45.5. The van der Waals surface area contributed by atoms with Crippen LogP contribution in [0.3, 0.4) is 0 Å². The third-order valence-corrected chi connectivity index (χ3v) is 7.62. The summed E-state index contributed by atoms with van der Waals surface area (Å²) in [4.78, 5) is 17.3. The molecule has 2 saturated heterocycles. The van der Waals surface area contributed by atoms with Crippen molar-refractivity contribution in [2.24, 2.45) is 23.2 Å². The molecule has 5 nitrogen and oxygen atoms in total. The number of aliphatic hydroxyl groups is 1. The van der Waals surface area contributed by atoms with Crippen molar-refractivity contribution < 1.29 is 14.6 Å². The molecule has 0 amide bonds. The Hall–Kier alpha value is -0.910. The van der Waals surface area contributed by atoms with Gasteiger partial charge in [-0.25, -0.2) is 0 Å². The van der Waals surface area contributed by atoms with Crippen molar-refractivity contribution >= 4 is 5.97 Å². The molecule has 0 aromatic rings. The number of fused-ring (bicyclic) bond motifs is 2. The maximum atomic E-state index is 12.6. The van der Waals surface area contributed by atoms with E-state index in [4.69, 9.17) is 4.74 Å². The van der Waals surface area contributed by atoms with Gasteiger partial charge in [0.2, 0.25) is 0 Å². The highest BCUT2D eigenvalue weighted by molar-refractivity contribution is 5.76. The second kappa shape index (κ2) is 6.36. The van der Waals surface area contributed by atoms with Gasteiger partial charge in [0.15, 0.2) is 0 Å². The van der Waals surface area contributed by atoms with E-state index in [0.29, 0.717) is 5.92 Å². The highest BCUT2D eigenvalue weighted by Gasteiger charge is 2.59. The summed E-state index contributed by atoms with van der Waals surface area (Å²) in [5.74, 6) is 0.109. The highest BCUT2D eigenvalue weighted by Crippen LogP contribution is 2.56. The number of piperazine rings is 1. The smallest absolute Gasteiger partial charge is 0.311 e. The minimum atomic E-state index is -0.489. The van der Waals surface area contributed by atoms with Crippen molar-refractivity contribution in [1.82, 2.24) is 9.80 Å². The van der Waals surface area contributed by atoms with Gasteiger partial charge in [0.05, 0.1) is 12.0 Å². The molecule has 0 radical (unpaired) electrons. The Labute approximate surface area is 151 Å². The molecule has 1 saturated carbocycles. The fourth-order valence-corrected chi connectivity index (χ4v) is 5.58. The molecular weight excluding hydrogens is 316 g/mol. The summed E-state index contributed by atoms with van der Waals surface area (Å²) in [7, 11) is 2.14. The lowest BCUT2D eigenvalue weighted by molar-refractivity contribution is -0.145. The second-order valence-electron chi connectivity index (χ2n) is 8.90. The lowest BCUT2D eigenvalue weighted by atomic mass is 9.55. The summed E-state index contributed by atoms with van der Waals surface area (Å²) in [5.41, 5.74) is 1.11. The van der Waals surface area contributed by atoms with Gasteiger partial charge in [0.25, 0.3) is 0 Å². The van der Waals surface area contributed by atoms with Crippen molar-refractivity contribution in [3.05, 3.63) is 11.6 Å². The zero-order chi connectivity index (χ0) is 17.8. The fourth-order valence-electron chi connectivity index (χ4n) is 5.58. The third-order valence-electron chi connectivity index (χ3n) is 7.62. The van der Waals surface area contributed by atoms with Crippen LogP contribution in [0.4, 0.5) is 0 Å². The summed E-state index contributed by atoms with van der Waals surface area (Å²) < 4.78 is 5.76. The van der Waals surface area contributed by atoms with Crippen LogP contribution in [-0.2, 0) is 9.53 Å². The van der Waals surface area contributed by atoms with E-state index in [1.54, 1.807) is 0 Å². The number of nitrogens with zero attached hydrogens (tertiary/aromatic N) is 2. The summed E-state index contributed by atoms with van der Waals surface area (Å²) in [5, 5.41) is 11.4. The number of ether oxygens (including phenoxy) is 1. The van der Waals surface area contributed by atoms with Crippen LogP contribution in [-0.4, -0.2) is 72.9 Å². The number of hydrogen-bond donors (Lipinski definition) is 1. The molecule has 0 spiro atoms. The van der Waals surface area contributed by atoms with Crippen LogP contribution in [0, 0.1) is 23.2 Å². The number of aliphatic hydroxyl groups excluding tert-OH is 1. The van der Waals surface area contributed by atoms with Crippen LogP contribution in [0.1, 0.15) is 33.1 Å². The average molecular weight is 348 g/mol. The molecule has 4 rings (SSSR count). The second-order valence-corrected chi connectivity index (χ2v) is 8.90. The summed E-state index contributed by atoms with van der Waals surface area (Å²) in [6.07, 6.45) is 4.68. The minimum absolute atomic E-state index is 0.0603. The maximum Gasteiger partial charge on any atom is 0.311 e. The SMILES string of the molecule is CC1CCC=C2CC3OC(=O)C(CN4CCN(C)CC4)C3C(O)C21C. The van der Waals surface area contributed by atoms with Crippen LogP contribution < -0.4 is 0 Å². The fraction of sp³-hybridized carbons (Fsp3) is 0.850. The Bertz CT molecular complexity index is 569. The van der Waals surface area contributed by atoms with Gasteiger partial charge in [-0.05, 0) is 25.8 Å². The van der Waals surface area contributed by atoms with E-state index in [9.17, 15) is 9.90 Å². The molecule has 5 heteroatoms. The highest BCUT2D eigenvalue weighted by atomic mass is 16.6. The summed E-state index contributed by atoms with van der Waals surface area (Å²) in [6, 6.07) is 0. The van der Waals surface area contributed by atoms with Gasteiger partial charge in [-0.3, -0.25) is 9.69 Å². The van der Waals surface area contributed by atoms with Gasteiger partial charge < -0.3 is 14.7 Å². The molecular formula is C20H32N2O3. The summed E-state index contributed by atoms with van der Waals surface area (Å²) in [6.45, 7) is 9.26. The van der Waals surface area contributed by atoms with Gasteiger partial charge in [-0.1, -0.05) is 25.5 Å². The zero-order valence-corrected chi connectivity index (χ0v) is 15.8. The van der Waals surface area contributed by atoms with E-state index >= 15 is 0 Å². The minimum Gasteiger partial charge on any atom is -0.461 e. The van der Waals surface area contributed by atoms with Crippen LogP contribution in [0.25, 0.3) is 0 Å². The number of likely N-dealkylation sites (N-methyl/N-ethyl adjacent to an activating group) is 1. The number of carbonyl (C=O) groups is 1. The van der Waals surface area contributed by atoms with E-state index in [0.717, 1.165) is 52.0 Å². The first-order valence-corrected chi connectivity index (χ1v) is 9.90. The molecule has 1 N–H and O–H groups in total. The number of carbonyl (C=O) groups excluding carboxylic acids is 1. The van der Waals surface area contributed by atoms with Crippen molar-refractivity contribution in [3.8, 4) is 0 Å². The molecule has 25 heavy (non-hydrogen) atoms. The van der Waals surface area contributed by atoms with E-state index in [2.05, 4.69) is 36.8 Å². The molecule has 0 aromatic heterocycles. The van der Waals surface area contributed by atoms with E-state index in [1.807, 2.05) is 0 Å². The first kappa shape index (κ1) is 17.5. The quantitative estimate of drug-likeness (QED) is 0.606. The standard InChI is InChI=1S/C20H32N2O3/c1-13-5-4-6-14-11-16-17(18(23)20(13,14)2)15(19(24)25-16)12-22-9-7-21(3)8-10-22/h6,13,15-18,23H,4-5,7-12H2,1-3H3. The molecule has 0 aromatic carbocycles. The Kier molecular flexibility index (Phi) is 4.45. The lowest BCUT2D eigenvalue weighted by Crippen LogP contribution is -2.55. The Balaban J connectivity index is 1.56. The number of rotatable bonds is 2. The molecule has 6 unspecified atom stereocenters. The van der Waals surface area contributed by atoms with Gasteiger partial charge in [-0.2, -0.15) is 0 Å². The van der Waals surface area contributed by atoms with E-state index < -0.39 is 6.10 Å². The molecule has 2 aliphatic carbocycles. The zero-order valence-electron chi connectivity index (χ0n) is 15.8. The van der Waals surface area contributed by atoms with Gasteiger partial charge in [-0.15, -0.1) is 0 Å². The summed E-state index contributed by atoms with van der Waals surface area (Å²) >= 11 is 0. The van der Waals surface area contributed by atoms with Crippen molar-refractivity contribution in [2.45, 2.75) is 45.3 Å². The topological polar surface area (TPSA) is 53.0 Å². The van der Waals surface area contributed by atoms with Gasteiger partial charge >= 0.3 is 5.97 Å². The first-order chi connectivity index (χ1) is 11.9. The van der Waals surface area contributed by atoms with Crippen LogP contribution >= 0.6 is 0 Å². The third kappa shape index (κ3) is 2.75. The van der Waals surface area contributed by atoms with Crippen molar-refractivity contribution in [2.75, 3.05) is 39.8 Å². The van der Waals surface area contributed by atoms with Gasteiger partial charge in [0, 0.05) is 50.5 Å². The predicted octanol–water partition coefficient (Wildman–Crippen LogP) is 1.52. The predicted molar refractivity (Wildman–Crippen MR) is 96.0 cm³/mol. The van der Waals surface area contributed by atoms with Gasteiger partial charge in [0.1, 0.15) is 6.10 Å². The molecule has 140 valence electrons. The van der Waals surface area contributed by atoms with E-state index in [1.165, 1.54) is 5.57 Å². The largest absolute Gasteiger partial charge is 0.461 e. The molecule has 2 aliphatic heterocycles. The lowest BCUT2D eigenvalue weighted by Gasteiger charge is -2.52. The maximum absolute atomic E-state index is 12.6. The molecule has 3 fully saturated rings. The number of esters is 1. The average Bonchev–Trinajstić information content (AvgIpc) is 2.88. The van der Waals surface area contributed by atoms with Crippen LogP contribution in [0.5, 0.6) is 0 Å². The molecule has 4 aliphatic rings. The number of hydrogen-bond acceptors (Lipinski definition) is 5. The number of allylic oxidation sites excluding steroid dienone is 1.